The van der Waals surface area contributed by atoms with Crippen LogP contribution in [0.1, 0.15) is 13.8 Å². The third-order valence-corrected chi connectivity index (χ3v) is 2.89. The highest BCUT2D eigenvalue weighted by atomic mass is 16.5. The fourth-order valence-corrected chi connectivity index (χ4v) is 1.88. The Morgan fingerprint density at radius 1 is 1.14 bits per heavy atom. The van der Waals surface area contributed by atoms with Gasteiger partial charge in [-0.1, -0.05) is 62.4 Å². The highest BCUT2D eigenvalue weighted by molar-refractivity contribution is 5.79. The summed E-state index contributed by atoms with van der Waals surface area (Å²) in [5, 5.41) is 3.86. The van der Waals surface area contributed by atoms with Crippen molar-refractivity contribution in [2.45, 2.75) is 13.8 Å². The van der Waals surface area contributed by atoms with E-state index in [1.807, 2.05) is 68.4 Å². The molecule has 0 bridgehead atoms. The molecule has 1 N–H and O–H groups in total. The smallest absolute Gasteiger partial charge is 0.277 e. The number of rotatable bonds is 6. The lowest BCUT2D eigenvalue weighted by molar-refractivity contribution is -0.123. The van der Waals surface area contributed by atoms with Crippen molar-refractivity contribution >= 4 is 12.1 Å². The Balaban J connectivity index is 2.01. The number of hydrogen-bond acceptors (Lipinski definition) is 3. The van der Waals surface area contributed by atoms with E-state index in [9.17, 15) is 4.79 Å². The van der Waals surface area contributed by atoms with Crippen LogP contribution in [0.15, 0.2) is 59.7 Å². The molecular formula is C18H20N2O2. The molecular weight excluding hydrogens is 276 g/mol. The van der Waals surface area contributed by atoms with Gasteiger partial charge in [-0.3, -0.25) is 4.79 Å². The standard InChI is InChI=1S/C18H20N2O2/c1-14(2)12-19-20-18(21)13-22-17-11-7-6-10-16(17)15-8-4-3-5-9-15/h3-12,14H,13H2,1-2H3,(H,20,21). The normalized spacial score (nSPS) is 10.9. The number of hydrogen-bond donors (Lipinski definition) is 1. The number of amides is 1. The minimum Gasteiger partial charge on any atom is -0.483 e. The maximum Gasteiger partial charge on any atom is 0.277 e. The predicted octanol–water partition coefficient (Wildman–Crippen LogP) is 3.49. The number of carbonyl (C=O) groups is 1. The Morgan fingerprint density at radius 2 is 1.82 bits per heavy atom. The molecule has 2 aromatic rings. The van der Waals surface area contributed by atoms with E-state index in [4.69, 9.17) is 4.74 Å². The van der Waals surface area contributed by atoms with E-state index in [-0.39, 0.29) is 12.5 Å². The van der Waals surface area contributed by atoms with Gasteiger partial charge in [0.2, 0.25) is 0 Å². The maximum atomic E-state index is 11.7. The van der Waals surface area contributed by atoms with E-state index in [1.54, 1.807) is 6.21 Å². The molecule has 0 aliphatic rings. The molecule has 0 fully saturated rings. The third-order valence-electron chi connectivity index (χ3n) is 2.89. The Bertz CT molecular complexity index is 637. The summed E-state index contributed by atoms with van der Waals surface area (Å²) in [5.41, 5.74) is 4.46. The summed E-state index contributed by atoms with van der Waals surface area (Å²) in [5.74, 6) is 0.691. The minimum absolute atomic E-state index is 0.0702. The molecule has 114 valence electrons. The van der Waals surface area contributed by atoms with Crippen LogP contribution in [0.25, 0.3) is 11.1 Å². The van der Waals surface area contributed by atoms with Crippen molar-refractivity contribution in [1.82, 2.24) is 5.43 Å². The van der Waals surface area contributed by atoms with Crippen LogP contribution in [-0.4, -0.2) is 18.7 Å². The molecule has 0 heterocycles. The lowest BCUT2D eigenvalue weighted by atomic mass is 10.1. The zero-order valence-corrected chi connectivity index (χ0v) is 12.8. The fourth-order valence-electron chi connectivity index (χ4n) is 1.88. The van der Waals surface area contributed by atoms with Crippen molar-refractivity contribution in [3.63, 3.8) is 0 Å². The van der Waals surface area contributed by atoms with Gasteiger partial charge in [0.1, 0.15) is 5.75 Å². The molecule has 22 heavy (non-hydrogen) atoms. The molecule has 0 aromatic heterocycles. The van der Waals surface area contributed by atoms with Gasteiger partial charge >= 0.3 is 0 Å². The molecule has 0 aliphatic carbocycles. The SMILES string of the molecule is CC(C)C=NNC(=O)COc1ccccc1-c1ccccc1. The van der Waals surface area contributed by atoms with Gasteiger partial charge in [-0.2, -0.15) is 5.10 Å². The number of nitrogens with one attached hydrogen (secondary N) is 1. The number of benzene rings is 2. The number of carbonyl (C=O) groups excluding carboxylic acids is 1. The summed E-state index contributed by atoms with van der Waals surface area (Å²) in [4.78, 5) is 11.7. The quantitative estimate of drug-likeness (QED) is 0.655. The molecule has 0 unspecified atom stereocenters. The summed E-state index contributed by atoms with van der Waals surface area (Å²) in [7, 11) is 0. The molecule has 4 nitrogen and oxygen atoms in total. The van der Waals surface area contributed by atoms with Crippen molar-refractivity contribution in [2.24, 2.45) is 11.0 Å². The van der Waals surface area contributed by atoms with E-state index in [2.05, 4.69) is 10.5 Å². The van der Waals surface area contributed by atoms with Gasteiger partial charge in [-0.05, 0) is 17.5 Å². The van der Waals surface area contributed by atoms with Gasteiger partial charge in [0.15, 0.2) is 6.61 Å². The number of nitrogens with zero attached hydrogens (tertiary/aromatic N) is 1. The minimum atomic E-state index is -0.278. The number of ether oxygens (including phenoxy) is 1. The monoisotopic (exact) mass is 296 g/mol. The highest BCUT2D eigenvalue weighted by Gasteiger charge is 2.07. The second kappa shape index (κ2) is 7.98. The van der Waals surface area contributed by atoms with Gasteiger partial charge in [-0.25, -0.2) is 5.43 Å². The first-order valence-corrected chi connectivity index (χ1v) is 7.26. The van der Waals surface area contributed by atoms with Gasteiger partial charge in [0.05, 0.1) is 0 Å². The average molecular weight is 296 g/mol. The number of hydrazone groups is 1. The summed E-state index contributed by atoms with van der Waals surface area (Å²) >= 11 is 0. The molecule has 0 spiro atoms. The molecule has 0 radical (unpaired) electrons. The lowest BCUT2D eigenvalue weighted by Crippen LogP contribution is -2.25. The molecule has 2 rings (SSSR count). The summed E-state index contributed by atoms with van der Waals surface area (Å²) in [6.07, 6.45) is 1.68. The van der Waals surface area contributed by atoms with Crippen LogP contribution in [0.5, 0.6) is 5.75 Å². The Labute approximate surface area is 130 Å². The summed E-state index contributed by atoms with van der Waals surface area (Å²) < 4.78 is 5.62. The summed E-state index contributed by atoms with van der Waals surface area (Å²) in [6.45, 7) is 3.91. The van der Waals surface area contributed by atoms with Gasteiger partial charge < -0.3 is 4.74 Å². The fraction of sp³-hybridized carbons (Fsp3) is 0.222. The molecule has 0 atom stereocenters. The zero-order chi connectivity index (χ0) is 15.8. The Morgan fingerprint density at radius 3 is 2.55 bits per heavy atom. The van der Waals surface area contributed by atoms with Crippen molar-refractivity contribution in [1.29, 1.82) is 0 Å². The van der Waals surface area contributed by atoms with Gasteiger partial charge in [0.25, 0.3) is 5.91 Å². The van der Waals surface area contributed by atoms with Crippen LogP contribution in [-0.2, 0) is 4.79 Å². The second-order valence-corrected chi connectivity index (χ2v) is 5.21. The summed E-state index contributed by atoms with van der Waals surface area (Å²) in [6, 6.07) is 17.6. The predicted molar refractivity (Wildman–Crippen MR) is 88.8 cm³/mol. The van der Waals surface area contributed by atoms with Crippen LogP contribution in [0.3, 0.4) is 0 Å². The zero-order valence-electron chi connectivity index (χ0n) is 12.8. The van der Waals surface area contributed by atoms with Gasteiger partial charge in [0, 0.05) is 11.8 Å². The van der Waals surface area contributed by atoms with Crippen LogP contribution in [0.2, 0.25) is 0 Å². The van der Waals surface area contributed by atoms with Crippen LogP contribution < -0.4 is 10.2 Å². The van der Waals surface area contributed by atoms with Crippen molar-refractivity contribution in [3.8, 4) is 16.9 Å². The van der Waals surface area contributed by atoms with Crippen LogP contribution in [0, 0.1) is 5.92 Å². The van der Waals surface area contributed by atoms with E-state index in [1.165, 1.54) is 0 Å². The lowest BCUT2D eigenvalue weighted by Gasteiger charge is -2.10. The van der Waals surface area contributed by atoms with Crippen LogP contribution in [0.4, 0.5) is 0 Å². The highest BCUT2D eigenvalue weighted by Crippen LogP contribution is 2.29. The molecule has 4 heteroatoms. The Hall–Kier alpha value is -2.62. The third kappa shape index (κ3) is 4.74. The molecule has 0 aliphatic heterocycles. The van der Waals surface area contributed by atoms with Crippen molar-refractivity contribution in [2.75, 3.05) is 6.61 Å². The first-order valence-electron chi connectivity index (χ1n) is 7.26. The molecule has 2 aromatic carbocycles. The van der Waals surface area contributed by atoms with E-state index < -0.39 is 0 Å². The first kappa shape index (κ1) is 15.8. The van der Waals surface area contributed by atoms with Gasteiger partial charge in [-0.15, -0.1) is 0 Å². The molecule has 0 saturated carbocycles. The first-order chi connectivity index (χ1) is 10.7. The largest absolute Gasteiger partial charge is 0.483 e. The van der Waals surface area contributed by atoms with Crippen LogP contribution >= 0.6 is 0 Å². The van der Waals surface area contributed by atoms with E-state index >= 15 is 0 Å². The average Bonchev–Trinajstić information content (AvgIpc) is 2.54. The van der Waals surface area contributed by atoms with Crippen molar-refractivity contribution < 1.29 is 9.53 Å². The molecule has 1 amide bonds. The van der Waals surface area contributed by atoms with Crippen molar-refractivity contribution in [3.05, 3.63) is 54.6 Å². The second-order valence-electron chi connectivity index (χ2n) is 5.21. The Kier molecular flexibility index (Phi) is 5.72. The van der Waals surface area contributed by atoms with E-state index in [0.29, 0.717) is 11.7 Å². The molecule has 0 saturated heterocycles. The topological polar surface area (TPSA) is 50.7 Å². The number of para-hydroxylation sites is 1. The maximum absolute atomic E-state index is 11.7. The van der Waals surface area contributed by atoms with E-state index in [0.717, 1.165) is 11.1 Å².